The van der Waals surface area contributed by atoms with Gasteiger partial charge >= 0.3 is 6.18 Å². The molecular formula is C21H16F4N4O. The minimum atomic E-state index is -4.64. The zero-order valence-electron chi connectivity index (χ0n) is 15.8. The summed E-state index contributed by atoms with van der Waals surface area (Å²) in [7, 11) is 0. The minimum Gasteiger partial charge on any atom is -0.351 e. The van der Waals surface area contributed by atoms with Crippen LogP contribution in [-0.2, 0) is 12.6 Å². The van der Waals surface area contributed by atoms with Crippen LogP contribution in [0.3, 0.4) is 0 Å². The van der Waals surface area contributed by atoms with Gasteiger partial charge < -0.3 is 5.32 Å². The van der Waals surface area contributed by atoms with Gasteiger partial charge in [-0.2, -0.15) is 13.2 Å². The summed E-state index contributed by atoms with van der Waals surface area (Å²) >= 11 is 0. The number of halogens is 4. The van der Waals surface area contributed by atoms with Crippen LogP contribution >= 0.6 is 0 Å². The number of fused-ring (bicyclic) bond motifs is 1. The van der Waals surface area contributed by atoms with E-state index in [1.807, 2.05) is 6.92 Å². The Morgan fingerprint density at radius 2 is 1.93 bits per heavy atom. The number of rotatable bonds is 3. The first-order valence-electron chi connectivity index (χ1n) is 9.17. The molecule has 0 unspecified atom stereocenters. The fourth-order valence-electron chi connectivity index (χ4n) is 3.57. The van der Waals surface area contributed by atoms with Gasteiger partial charge in [0.1, 0.15) is 12.1 Å². The van der Waals surface area contributed by atoms with Crippen LogP contribution in [0.15, 0.2) is 42.9 Å². The number of hydrogen-bond donors (Lipinski definition) is 1. The number of pyridine rings is 1. The SMILES string of the molecule is C[C@H]1CNC(=O)c2ccnc(-c3cc(Cc4cc(F)cc(C(F)(F)F)c4)ncn3)c21. The van der Waals surface area contributed by atoms with E-state index in [9.17, 15) is 22.4 Å². The summed E-state index contributed by atoms with van der Waals surface area (Å²) in [5.41, 5.74) is 1.74. The van der Waals surface area contributed by atoms with Crippen molar-refractivity contribution in [3.05, 3.63) is 76.6 Å². The van der Waals surface area contributed by atoms with E-state index in [-0.39, 0.29) is 23.8 Å². The molecule has 30 heavy (non-hydrogen) atoms. The summed E-state index contributed by atoms with van der Waals surface area (Å²) in [5.74, 6) is -1.15. The molecule has 0 radical (unpaired) electrons. The number of hydrogen-bond acceptors (Lipinski definition) is 4. The molecule has 0 aliphatic carbocycles. The highest BCUT2D eigenvalue weighted by Crippen LogP contribution is 2.33. The Morgan fingerprint density at radius 1 is 1.13 bits per heavy atom. The number of nitrogens with one attached hydrogen (secondary N) is 1. The van der Waals surface area contributed by atoms with E-state index >= 15 is 0 Å². The van der Waals surface area contributed by atoms with Crippen LogP contribution in [0.1, 0.15) is 45.6 Å². The molecule has 3 aromatic rings. The maximum absolute atomic E-state index is 13.7. The lowest BCUT2D eigenvalue weighted by atomic mass is 9.89. The summed E-state index contributed by atoms with van der Waals surface area (Å²) in [6.45, 7) is 2.42. The topological polar surface area (TPSA) is 67.8 Å². The summed E-state index contributed by atoms with van der Waals surface area (Å²) in [4.78, 5) is 24.9. The van der Waals surface area contributed by atoms with E-state index in [0.29, 0.717) is 35.3 Å². The minimum absolute atomic E-state index is 0.0115. The largest absolute Gasteiger partial charge is 0.416 e. The van der Waals surface area contributed by atoms with Crippen molar-refractivity contribution in [2.45, 2.75) is 25.4 Å². The van der Waals surface area contributed by atoms with Crippen molar-refractivity contribution in [1.29, 1.82) is 0 Å². The third kappa shape index (κ3) is 3.87. The second kappa shape index (κ2) is 7.47. The fraction of sp³-hybridized carbons (Fsp3) is 0.238. The molecule has 0 bridgehead atoms. The monoisotopic (exact) mass is 416 g/mol. The van der Waals surface area contributed by atoms with Gasteiger partial charge in [0.25, 0.3) is 5.91 Å². The third-order valence-electron chi connectivity index (χ3n) is 4.93. The molecule has 0 saturated heterocycles. The molecule has 1 atom stereocenters. The lowest BCUT2D eigenvalue weighted by molar-refractivity contribution is -0.137. The average Bonchev–Trinajstić information content (AvgIpc) is 2.69. The van der Waals surface area contributed by atoms with Gasteiger partial charge in [0.2, 0.25) is 0 Å². The normalized spacial score (nSPS) is 16.2. The average molecular weight is 416 g/mol. The van der Waals surface area contributed by atoms with Gasteiger partial charge in [-0.05, 0) is 41.5 Å². The zero-order chi connectivity index (χ0) is 21.5. The molecule has 1 aliphatic heterocycles. The number of carbonyl (C=O) groups is 1. The predicted molar refractivity (Wildman–Crippen MR) is 100 cm³/mol. The molecule has 154 valence electrons. The number of benzene rings is 1. The first-order chi connectivity index (χ1) is 14.2. The van der Waals surface area contributed by atoms with Crippen LogP contribution in [0.5, 0.6) is 0 Å². The molecule has 1 amide bonds. The molecule has 0 fully saturated rings. The standard InChI is InChI=1S/C21H16F4N4O/c1-11-9-27-20(30)16-2-3-26-19(18(11)16)17-8-15(28-10-29-17)6-12-4-13(21(23,24)25)7-14(22)5-12/h2-5,7-8,10-11H,6,9H2,1H3,(H,27,30)/t11-/m0/s1. The van der Waals surface area contributed by atoms with Gasteiger partial charge in [0.15, 0.2) is 0 Å². The maximum atomic E-state index is 13.7. The summed E-state index contributed by atoms with van der Waals surface area (Å²) < 4.78 is 52.6. The molecule has 9 heteroatoms. The quantitative estimate of drug-likeness (QED) is 0.652. The number of nitrogens with zero attached hydrogens (tertiary/aromatic N) is 3. The number of alkyl halides is 3. The van der Waals surface area contributed by atoms with Crippen LogP contribution in [-0.4, -0.2) is 27.4 Å². The van der Waals surface area contributed by atoms with Crippen LogP contribution in [0.4, 0.5) is 17.6 Å². The van der Waals surface area contributed by atoms with Crippen molar-refractivity contribution >= 4 is 5.91 Å². The number of amides is 1. The molecule has 0 saturated carbocycles. The smallest absolute Gasteiger partial charge is 0.351 e. The van der Waals surface area contributed by atoms with E-state index in [0.717, 1.165) is 17.7 Å². The lowest BCUT2D eigenvalue weighted by Crippen LogP contribution is -2.34. The molecule has 1 aromatic carbocycles. The molecule has 1 N–H and O–H groups in total. The second-order valence-electron chi connectivity index (χ2n) is 7.15. The van der Waals surface area contributed by atoms with Crippen molar-refractivity contribution < 1.29 is 22.4 Å². The van der Waals surface area contributed by atoms with Crippen LogP contribution < -0.4 is 5.32 Å². The van der Waals surface area contributed by atoms with Crippen LogP contribution in [0.25, 0.3) is 11.4 Å². The first-order valence-corrected chi connectivity index (χ1v) is 9.17. The van der Waals surface area contributed by atoms with Gasteiger partial charge in [-0.15, -0.1) is 0 Å². The van der Waals surface area contributed by atoms with Gasteiger partial charge in [-0.3, -0.25) is 9.78 Å². The Balaban J connectivity index is 1.71. The Labute approximate surface area is 169 Å². The van der Waals surface area contributed by atoms with E-state index in [2.05, 4.69) is 20.3 Å². The highest BCUT2D eigenvalue weighted by Gasteiger charge is 2.31. The Hall–Kier alpha value is -3.36. The first kappa shape index (κ1) is 19.9. The van der Waals surface area contributed by atoms with Crippen molar-refractivity contribution in [2.24, 2.45) is 0 Å². The van der Waals surface area contributed by atoms with E-state index in [1.54, 1.807) is 12.1 Å². The molecule has 1 aliphatic rings. The van der Waals surface area contributed by atoms with Crippen LogP contribution in [0, 0.1) is 5.82 Å². The van der Waals surface area contributed by atoms with E-state index < -0.39 is 17.6 Å². The van der Waals surface area contributed by atoms with Gasteiger partial charge in [-0.1, -0.05) is 6.92 Å². The second-order valence-corrected chi connectivity index (χ2v) is 7.15. The molecule has 5 nitrogen and oxygen atoms in total. The Kier molecular flexibility index (Phi) is 4.97. The van der Waals surface area contributed by atoms with E-state index in [1.165, 1.54) is 12.5 Å². The Morgan fingerprint density at radius 3 is 2.70 bits per heavy atom. The summed E-state index contributed by atoms with van der Waals surface area (Å²) in [6, 6.07) is 5.64. The lowest BCUT2D eigenvalue weighted by Gasteiger charge is -2.24. The molecular weight excluding hydrogens is 400 g/mol. The predicted octanol–water partition coefficient (Wildman–Crippen LogP) is 4.13. The maximum Gasteiger partial charge on any atom is 0.416 e. The third-order valence-corrected chi connectivity index (χ3v) is 4.93. The van der Waals surface area contributed by atoms with Crippen molar-refractivity contribution in [3.63, 3.8) is 0 Å². The van der Waals surface area contributed by atoms with Crippen molar-refractivity contribution in [2.75, 3.05) is 6.54 Å². The highest BCUT2D eigenvalue weighted by molar-refractivity contribution is 5.98. The van der Waals surface area contributed by atoms with E-state index in [4.69, 9.17) is 0 Å². The van der Waals surface area contributed by atoms with Gasteiger partial charge in [-0.25, -0.2) is 14.4 Å². The van der Waals surface area contributed by atoms with Crippen molar-refractivity contribution in [1.82, 2.24) is 20.3 Å². The highest BCUT2D eigenvalue weighted by atomic mass is 19.4. The number of aromatic nitrogens is 3. The summed E-state index contributed by atoms with van der Waals surface area (Å²) in [5, 5.41) is 2.81. The summed E-state index contributed by atoms with van der Waals surface area (Å²) in [6.07, 6.45) is -1.86. The fourth-order valence-corrected chi connectivity index (χ4v) is 3.57. The molecule has 4 rings (SSSR count). The van der Waals surface area contributed by atoms with Gasteiger partial charge in [0.05, 0.1) is 17.0 Å². The Bertz CT molecular complexity index is 1130. The van der Waals surface area contributed by atoms with Gasteiger partial charge in [0, 0.05) is 36.3 Å². The molecule has 0 spiro atoms. The molecule has 2 aromatic heterocycles. The number of carbonyl (C=O) groups excluding carboxylic acids is 1. The zero-order valence-corrected chi connectivity index (χ0v) is 15.8. The van der Waals surface area contributed by atoms with Crippen LogP contribution in [0.2, 0.25) is 0 Å². The molecule has 3 heterocycles. The van der Waals surface area contributed by atoms with Crippen molar-refractivity contribution in [3.8, 4) is 11.4 Å².